The topological polar surface area (TPSA) is 60.9 Å². The lowest BCUT2D eigenvalue weighted by Gasteiger charge is -2.07. The number of Topliss-reactive ketones (excluding diaryl/α,β-unsaturated/α-hetero) is 1. The number of halogens is 1. The van der Waals surface area contributed by atoms with E-state index in [1.807, 2.05) is 13.8 Å². The fourth-order valence-corrected chi connectivity index (χ4v) is 1.82. The van der Waals surface area contributed by atoms with Gasteiger partial charge in [-0.05, 0) is 13.3 Å². The minimum absolute atomic E-state index is 0.0525. The molecule has 0 aromatic carbocycles. The van der Waals surface area contributed by atoms with Crippen molar-refractivity contribution < 1.29 is 4.79 Å². The van der Waals surface area contributed by atoms with Crippen LogP contribution < -0.4 is 5.73 Å². The molecule has 0 saturated heterocycles. The number of hydrogen-bond acceptors (Lipinski definition) is 3. The molecule has 1 heterocycles. The van der Waals surface area contributed by atoms with Crippen LogP contribution in [0.1, 0.15) is 31.0 Å². The lowest BCUT2D eigenvalue weighted by Crippen LogP contribution is -2.23. The second-order valence-electron chi connectivity index (χ2n) is 4.07. The summed E-state index contributed by atoms with van der Waals surface area (Å²) in [6, 6.07) is -0.0525. The number of aryl methyl sites for hydroxylation is 2. The summed E-state index contributed by atoms with van der Waals surface area (Å²) in [6.45, 7) is 3.83. The molecule has 1 unspecified atom stereocenters. The molecule has 2 N–H and O–H groups in total. The quantitative estimate of drug-likeness (QED) is 0.855. The number of hydrogen-bond donors (Lipinski definition) is 1. The van der Waals surface area contributed by atoms with Gasteiger partial charge in [-0.15, -0.1) is 0 Å². The van der Waals surface area contributed by atoms with E-state index in [1.54, 1.807) is 11.7 Å². The van der Waals surface area contributed by atoms with Crippen molar-refractivity contribution in [3.8, 4) is 0 Å². The second kappa shape index (κ2) is 5.46. The van der Waals surface area contributed by atoms with Crippen molar-refractivity contribution in [2.75, 3.05) is 0 Å². The van der Waals surface area contributed by atoms with Gasteiger partial charge in [-0.25, -0.2) is 0 Å². The van der Waals surface area contributed by atoms with Crippen molar-refractivity contribution in [3.63, 3.8) is 0 Å². The Bertz CT molecular complexity index is 387. The molecule has 0 aliphatic heterocycles. The molecule has 0 aliphatic rings. The third kappa shape index (κ3) is 3.06. The molecule has 0 radical (unpaired) electrons. The summed E-state index contributed by atoms with van der Waals surface area (Å²) in [6.07, 6.45) is 1.54. The van der Waals surface area contributed by atoms with Crippen LogP contribution in [-0.2, 0) is 18.3 Å². The number of aromatic nitrogens is 2. The van der Waals surface area contributed by atoms with Crippen LogP contribution in [0.2, 0.25) is 5.15 Å². The van der Waals surface area contributed by atoms with E-state index >= 15 is 0 Å². The molecular weight excluding hydrogens is 226 g/mol. The van der Waals surface area contributed by atoms with Gasteiger partial charge >= 0.3 is 0 Å². The van der Waals surface area contributed by atoms with Crippen LogP contribution in [0.4, 0.5) is 0 Å². The molecule has 1 atom stereocenters. The minimum Gasteiger partial charge on any atom is -0.327 e. The maximum Gasteiger partial charge on any atom is 0.138 e. The van der Waals surface area contributed by atoms with Crippen LogP contribution >= 0.6 is 11.6 Å². The summed E-state index contributed by atoms with van der Waals surface area (Å²) in [5, 5.41) is 4.70. The SMILES string of the molecule is CCC(N)CC(=O)Cc1c(C)nn(C)c1Cl. The Morgan fingerprint density at radius 2 is 2.25 bits per heavy atom. The summed E-state index contributed by atoms with van der Waals surface area (Å²) in [7, 11) is 1.76. The number of ketones is 1. The van der Waals surface area contributed by atoms with Gasteiger partial charge in [0.25, 0.3) is 0 Å². The van der Waals surface area contributed by atoms with Gasteiger partial charge in [-0.2, -0.15) is 5.10 Å². The maximum atomic E-state index is 11.7. The first-order chi connectivity index (χ1) is 7.45. The monoisotopic (exact) mass is 243 g/mol. The van der Waals surface area contributed by atoms with Crippen LogP contribution in [-0.4, -0.2) is 21.6 Å². The minimum atomic E-state index is -0.0525. The van der Waals surface area contributed by atoms with Crippen molar-refractivity contribution in [1.29, 1.82) is 0 Å². The summed E-state index contributed by atoms with van der Waals surface area (Å²) < 4.78 is 1.58. The van der Waals surface area contributed by atoms with Gasteiger partial charge in [-0.3, -0.25) is 9.48 Å². The Hall–Kier alpha value is -0.870. The molecule has 0 amide bonds. The molecule has 1 aromatic rings. The number of carbonyl (C=O) groups excluding carboxylic acids is 1. The first kappa shape index (κ1) is 13.2. The highest BCUT2D eigenvalue weighted by molar-refractivity contribution is 6.30. The normalized spacial score (nSPS) is 12.8. The second-order valence-corrected chi connectivity index (χ2v) is 4.42. The predicted octanol–water partition coefficient (Wildman–Crippen LogP) is 1.62. The van der Waals surface area contributed by atoms with Crippen molar-refractivity contribution in [3.05, 3.63) is 16.4 Å². The average Bonchev–Trinajstić information content (AvgIpc) is 2.45. The zero-order chi connectivity index (χ0) is 12.3. The molecule has 5 heteroatoms. The van der Waals surface area contributed by atoms with E-state index in [0.717, 1.165) is 17.7 Å². The van der Waals surface area contributed by atoms with E-state index in [0.29, 0.717) is 18.0 Å². The molecule has 16 heavy (non-hydrogen) atoms. The highest BCUT2D eigenvalue weighted by atomic mass is 35.5. The number of nitrogens with two attached hydrogens (primary N) is 1. The van der Waals surface area contributed by atoms with Crippen molar-refractivity contribution in [2.45, 2.75) is 39.2 Å². The Labute approximate surface area is 101 Å². The van der Waals surface area contributed by atoms with Gasteiger partial charge in [0.2, 0.25) is 0 Å². The van der Waals surface area contributed by atoms with E-state index < -0.39 is 0 Å². The first-order valence-corrected chi connectivity index (χ1v) is 5.78. The number of rotatable bonds is 5. The zero-order valence-corrected chi connectivity index (χ0v) is 10.7. The summed E-state index contributed by atoms with van der Waals surface area (Å²) in [4.78, 5) is 11.7. The molecule has 1 aromatic heterocycles. The smallest absolute Gasteiger partial charge is 0.138 e. The molecular formula is C11H18ClN3O. The van der Waals surface area contributed by atoms with Crippen LogP contribution in [0.5, 0.6) is 0 Å². The van der Waals surface area contributed by atoms with Gasteiger partial charge < -0.3 is 5.73 Å². The summed E-state index contributed by atoms with van der Waals surface area (Å²) >= 11 is 6.05. The summed E-state index contributed by atoms with van der Waals surface area (Å²) in [5.41, 5.74) is 7.36. The lowest BCUT2D eigenvalue weighted by atomic mass is 10.0. The molecule has 0 bridgehead atoms. The standard InChI is InChI=1S/C11H18ClN3O/c1-4-8(13)5-9(16)6-10-7(2)14-15(3)11(10)12/h8H,4-6,13H2,1-3H3. The van der Waals surface area contributed by atoms with Crippen LogP contribution in [0, 0.1) is 6.92 Å². The van der Waals surface area contributed by atoms with E-state index in [1.165, 1.54) is 0 Å². The molecule has 0 fully saturated rings. The summed E-state index contributed by atoms with van der Waals surface area (Å²) in [5.74, 6) is 0.118. The van der Waals surface area contributed by atoms with Crippen molar-refractivity contribution in [2.24, 2.45) is 12.8 Å². The van der Waals surface area contributed by atoms with E-state index in [9.17, 15) is 4.79 Å². The Morgan fingerprint density at radius 1 is 1.62 bits per heavy atom. The average molecular weight is 244 g/mol. The van der Waals surface area contributed by atoms with Gasteiger partial charge in [0.15, 0.2) is 0 Å². The van der Waals surface area contributed by atoms with E-state index in [-0.39, 0.29) is 11.8 Å². The predicted molar refractivity (Wildman–Crippen MR) is 64.5 cm³/mol. The number of carbonyl (C=O) groups is 1. The van der Waals surface area contributed by atoms with Gasteiger partial charge in [0, 0.05) is 31.5 Å². The fourth-order valence-electron chi connectivity index (χ4n) is 1.58. The first-order valence-electron chi connectivity index (χ1n) is 5.41. The molecule has 4 nitrogen and oxygen atoms in total. The fraction of sp³-hybridized carbons (Fsp3) is 0.636. The third-order valence-electron chi connectivity index (χ3n) is 2.66. The third-order valence-corrected chi connectivity index (χ3v) is 3.13. The highest BCUT2D eigenvalue weighted by Gasteiger charge is 2.16. The lowest BCUT2D eigenvalue weighted by molar-refractivity contribution is -0.118. The van der Waals surface area contributed by atoms with Crippen LogP contribution in [0.25, 0.3) is 0 Å². The Balaban J connectivity index is 2.70. The zero-order valence-electron chi connectivity index (χ0n) is 9.96. The highest BCUT2D eigenvalue weighted by Crippen LogP contribution is 2.19. The van der Waals surface area contributed by atoms with E-state index in [2.05, 4.69) is 5.10 Å². The van der Waals surface area contributed by atoms with Crippen LogP contribution in [0.15, 0.2) is 0 Å². The number of nitrogens with zero attached hydrogens (tertiary/aromatic N) is 2. The van der Waals surface area contributed by atoms with Gasteiger partial charge in [0.05, 0.1) is 5.69 Å². The van der Waals surface area contributed by atoms with Gasteiger partial charge in [-0.1, -0.05) is 18.5 Å². The van der Waals surface area contributed by atoms with E-state index in [4.69, 9.17) is 17.3 Å². The molecule has 0 spiro atoms. The molecule has 0 saturated carbocycles. The molecule has 0 aliphatic carbocycles. The molecule has 1 rings (SSSR count). The Kier molecular flexibility index (Phi) is 4.50. The molecule has 90 valence electrons. The van der Waals surface area contributed by atoms with Crippen LogP contribution in [0.3, 0.4) is 0 Å². The van der Waals surface area contributed by atoms with Gasteiger partial charge in [0.1, 0.15) is 10.9 Å². The van der Waals surface area contributed by atoms with Crippen molar-refractivity contribution in [1.82, 2.24) is 9.78 Å². The largest absolute Gasteiger partial charge is 0.327 e. The maximum absolute atomic E-state index is 11.7. The Morgan fingerprint density at radius 3 is 2.69 bits per heavy atom. The van der Waals surface area contributed by atoms with Crippen molar-refractivity contribution >= 4 is 17.4 Å².